The fraction of sp³-hybridized carbons (Fsp3) is 0.500. The smallest absolute Gasteiger partial charge is 1.00 e. The Morgan fingerprint density at radius 1 is 1.17 bits per heavy atom. The quantitative estimate of drug-likeness (QED) is 0.263. The van der Waals surface area contributed by atoms with Crippen LogP contribution in [0.3, 0.4) is 0 Å². The van der Waals surface area contributed by atoms with Crippen LogP contribution in [-0.4, -0.2) is 23.1 Å². The van der Waals surface area contributed by atoms with E-state index in [1.807, 2.05) is 20.3 Å². The molecule has 0 spiro atoms. The predicted molar refractivity (Wildman–Crippen MR) is 27.8 cm³/mol. The van der Waals surface area contributed by atoms with Crippen LogP contribution in [0.2, 0.25) is 0 Å². The van der Waals surface area contributed by atoms with Crippen LogP contribution in [0.5, 0.6) is 0 Å². The summed E-state index contributed by atoms with van der Waals surface area (Å²) in [5, 5.41) is 0. The van der Waals surface area contributed by atoms with Gasteiger partial charge in [-0.25, -0.2) is 0 Å². The van der Waals surface area contributed by atoms with Crippen LogP contribution in [0, 0.1) is 13.8 Å². The van der Waals surface area contributed by atoms with Crippen LogP contribution in [0.15, 0.2) is 0 Å². The SMILES string of the molecule is C[CH-]C.[CH3-].[Cl-].[Mg+2]. The van der Waals surface area contributed by atoms with Gasteiger partial charge >= 0.3 is 23.1 Å². The zero-order valence-electron chi connectivity index (χ0n) is 4.66. The van der Waals surface area contributed by atoms with Crippen LogP contribution in [0.25, 0.3) is 0 Å². The molecule has 0 aromatic carbocycles. The molecule has 0 amide bonds. The molecule has 0 rings (SSSR count). The molecular weight excluding hydrogens is 108 g/mol. The first-order valence-electron chi connectivity index (χ1n) is 1.15. The van der Waals surface area contributed by atoms with E-state index in [9.17, 15) is 0 Å². The molecule has 0 N–H and O–H groups in total. The first-order valence-corrected chi connectivity index (χ1v) is 1.15. The first kappa shape index (κ1) is 27.7. The summed E-state index contributed by atoms with van der Waals surface area (Å²) < 4.78 is 0. The van der Waals surface area contributed by atoms with E-state index >= 15 is 0 Å². The van der Waals surface area contributed by atoms with Gasteiger partial charge in [0.25, 0.3) is 0 Å². The fourth-order valence-corrected chi connectivity index (χ4v) is 0. The van der Waals surface area contributed by atoms with Crippen molar-refractivity contribution in [2.75, 3.05) is 0 Å². The second-order valence-corrected chi connectivity index (χ2v) is 0.577. The largest absolute Gasteiger partial charge is 2.00 e. The van der Waals surface area contributed by atoms with Gasteiger partial charge in [0.05, 0.1) is 0 Å². The molecule has 0 saturated heterocycles. The minimum atomic E-state index is 0. The third-order valence-corrected chi connectivity index (χ3v) is 0. The van der Waals surface area contributed by atoms with E-state index in [-0.39, 0.29) is 42.9 Å². The Bertz CT molecular complexity index is 7.51. The Hall–Kier alpha value is 1.06. The van der Waals surface area contributed by atoms with Crippen molar-refractivity contribution in [2.24, 2.45) is 0 Å². The van der Waals surface area contributed by atoms with E-state index in [1.165, 1.54) is 0 Å². The van der Waals surface area contributed by atoms with Crippen LogP contribution in [-0.2, 0) is 0 Å². The summed E-state index contributed by atoms with van der Waals surface area (Å²) in [7, 11) is 0. The van der Waals surface area contributed by atoms with E-state index in [4.69, 9.17) is 0 Å². The Kier molecular flexibility index (Phi) is 169. The van der Waals surface area contributed by atoms with Crippen molar-refractivity contribution in [3.05, 3.63) is 13.8 Å². The molecule has 0 atom stereocenters. The molecule has 0 fully saturated rings. The summed E-state index contributed by atoms with van der Waals surface area (Å²) >= 11 is 0. The molecule has 0 radical (unpaired) electrons. The van der Waals surface area contributed by atoms with E-state index in [2.05, 4.69) is 0 Å². The normalized spacial score (nSPS) is 3.00. The predicted octanol–water partition coefficient (Wildman–Crippen LogP) is -1.70. The number of hydrogen-bond acceptors (Lipinski definition) is 0. The third kappa shape index (κ3) is 74.6. The van der Waals surface area contributed by atoms with Crippen molar-refractivity contribution < 1.29 is 12.4 Å². The Labute approximate surface area is 63.3 Å². The van der Waals surface area contributed by atoms with Crippen LogP contribution >= 0.6 is 0 Å². The molecule has 0 heterocycles. The monoisotopic (exact) mass is 117 g/mol. The minimum absolute atomic E-state index is 0. The van der Waals surface area contributed by atoms with Crippen molar-refractivity contribution >= 4 is 23.1 Å². The second-order valence-electron chi connectivity index (χ2n) is 0.577. The Morgan fingerprint density at radius 2 is 1.17 bits per heavy atom. The van der Waals surface area contributed by atoms with Gasteiger partial charge in [-0.2, -0.15) is 13.8 Å². The maximum Gasteiger partial charge on any atom is 2.00 e. The topological polar surface area (TPSA) is 0 Å². The number of halogens is 1. The maximum atomic E-state index is 2.00. The van der Waals surface area contributed by atoms with Crippen molar-refractivity contribution in [2.45, 2.75) is 13.8 Å². The maximum absolute atomic E-state index is 2.00. The van der Waals surface area contributed by atoms with Gasteiger partial charge in [0.2, 0.25) is 0 Å². The van der Waals surface area contributed by atoms with Crippen LogP contribution in [0.1, 0.15) is 13.8 Å². The molecule has 0 nitrogen and oxygen atoms in total. The molecule has 6 heavy (non-hydrogen) atoms. The van der Waals surface area contributed by atoms with Gasteiger partial charge in [0.1, 0.15) is 0 Å². The average molecular weight is 118 g/mol. The molecule has 2 heteroatoms. The van der Waals surface area contributed by atoms with Gasteiger partial charge in [-0.1, -0.05) is 0 Å². The van der Waals surface area contributed by atoms with Gasteiger partial charge in [-0.3, -0.25) is 0 Å². The second kappa shape index (κ2) is 36.6. The van der Waals surface area contributed by atoms with E-state index in [0.29, 0.717) is 0 Å². The summed E-state index contributed by atoms with van der Waals surface area (Å²) in [6, 6.07) is 0. The molecule has 0 unspecified atom stereocenters. The zero-order valence-corrected chi connectivity index (χ0v) is 6.83. The van der Waals surface area contributed by atoms with Gasteiger partial charge in [0.15, 0.2) is 0 Å². The number of hydrogen-bond donors (Lipinski definition) is 0. The molecule has 0 aromatic heterocycles. The molecule has 36 valence electrons. The van der Waals surface area contributed by atoms with Gasteiger partial charge in [-0.05, 0) is 0 Å². The molecule has 0 aliphatic heterocycles. The third-order valence-electron chi connectivity index (χ3n) is 0. The Balaban J connectivity index is -0.00000000667. The van der Waals surface area contributed by atoms with E-state index < -0.39 is 0 Å². The zero-order chi connectivity index (χ0) is 2.71. The molecule has 0 bridgehead atoms. The number of rotatable bonds is 0. The van der Waals surface area contributed by atoms with Crippen molar-refractivity contribution in [3.8, 4) is 0 Å². The van der Waals surface area contributed by atoms with Gasteiger partial charge < -0.3 is 26.3 Å². The standard InChI is InChI=1S/C3H7.CH3.ClH.Mg/c1-3-2;;;/h3H,1-2H3;1H3;1H;/q2*-1;;+2/p-1. The van der Waals surface area contributed by atoms with Gasteiger partial charge in [0, 0.05) is 0 Å². The minimum Gasteiger partial charge on any atom is -1.00 e. The summed E-state index contributed by atoms with van der Waals surface area (Å²) in [6.45, 7) is 4.00. The van der Waals surface area contributed by atoms with Crippen molar-refractivity contribution in [1.82, 2.24) is 0 Å². The summed E-state index contributed by atoms with van der Waals surface area (Å²) in [5.41, 5.74) is 0. The van der Waals surface area contributed by atoms with Crippen LogP contribution < -0.4 is 12.4 Å². The fourth-order valence-electron chi connectivity index (χ4n) is 0. The van der Waals surface area contributed by atoms with Gasteiger partial charge in [-0.15, -0.1) is 0 Å². The molecule has 0 aliphatic rings. The Morgan fingerprint density at radius 3 is 1.17 bits per heavy atom. The molecule has 0 aliphatic carbocycles. The molecular formula is C4H10ClMg-. The summed E-state index contributed by atoms with van der Waals surface area (Å²) in [6.07, 6.45) is 2.00. The molecule has 0 saturated carbocycles. The average Bonchev–Trinajstić information content (AvgIpc) is 0.918. The van der Waals surface area contributed by atoms with Crippen LogP contribution in [0.4, 0.5) is 0 Å². The summed E-state index contributed by atoms with van der Waals surface area (Å²) in [5.74, 6) is 0. The first-order chi connectivity index (χ1) is 1.41. The van der Waals surface area contributed by atoms with Crippen molar-refractivity contribution in [3.63, 3.8) is 0 Å². The van der Waals surface area contributed by atoms with E-state index in [0.717, 1.165) is 0 Å². The summed E-state index contributed by atoms with van der Waals surface area (Å²) in [4.78, 5) is 0. The van der Waals surface area contributed by atoms with Crippen molar-refractivity contribution in [1.29, 1.82) is 0 Å². The van der Waals surface area contributed by atoms with E-state index in [1.54, 1.807) is 0 Å². The molecule has 0 aromatic rings.